The van der Waals surface area contributed by atoms with E-state index in [9.17, 15) is 33.9 Å². The number of carboxylic acid groups (broad SMARTS) is 3. The van der Waals surface area contributed by atoms with E-state index in [2.05, 4.69) is 73.6 Å². The van der Waals surface area contributed by atoms with Gasteiger partial charge >= 0.3 is 17.9 Å². The van der Waals surface area contributed by atoms with Gasteiger partial charge in [0.2, 0.25) is 17.5 Å². The fourth-order valence-electron chi connectivity index (χ4n) is 6.77. The summed E-state index contributed by atoms with van der Waals surface area (Å²) in [6, 6.07) is 9.38. The minimum Gasteiger partial charge on any atom is -0.481 e. The lowest BCUT2D eigenvalue weighted by Crippen LogP contribution is -2.42. The summed E-state index contributed by atoms with van der Waals surface area (Å²) in [4.78, 5) is 69.6. The lowest BCUT2D eigenvalue weighted by Gasteiger charge is -2.15. The number of aldehydes is 1. The molecular weight excluding hydrogens is 864 g/mol. The number of amides is 2. The van der Waals surface area contributed by atoms with Crippen LogP contribution in [0.2, 0.25) is 0 Å². The molecule has 0 fully saturated rings. The first kappa shape index (κ1) is 44.3. The largest absolute Gasteiger partial charge is 0.481 e. The Morgan fingerprint density at radius 3 is 2.18 bits per heavy atom. The van der Waals surface area contributed by atoms with Crippen LogP contribution in [0.1, 0.15) is 57.9 Å². The van der Waals surface area contributed by atoms with Crippen molar-refractivity contribution in [2.45, 2.75) is 76.4 Å². The fourth-order valence-corrected chi connectivity index (χ4v) is 7.47. The SMILES string of the molecule is C=c1c(=CC=CC=CC=CC2=[N+](CCCC(=O)NC(C=O)CC(=O)O)c3cc(Br)ccc3C2(C)C)n(CCCC(=O)NC(CC(=O)O)C(=O)O)c2cc(Br)ccc12. The Morgan fingerprint density at radius 1 is 0.860 bits per heavy atom. The van der Waals surface area contributed by atoms with Crippen LogP contribution in [0.4, 0.5) is 5.69 Å². The van der Waals surface area contributed by atoms with Crippen molar-refractivity contribution in [3.63, 3.8) is 0 Å². The second-order valence-electron chi connectivity index (χ2n) is 14.0. The molecule has 2 amide bonds. The lowest BCUT2D eigenvalue weighted by molar-refractivity contribution is -0.438. The van der Waals surface area contributed by atoms with Gasteiger partial charge in [0.05, 0.1) is 29.8 Å². The van der Waals surface area contributed by atoms with Crippen molar-refractivity contribution in [1.82, 2.24) is 15.2 Å². The van der Waals surface area contributed by atoms with Gasteiger partial charge in [-0.2, -0.15) is 4.58 Å². The molecule has 2 unspecified atom stereocenters. The molecule has 2 atom stereocenters. The first-order valence-corrected chi connectivity index (χ1v) is 19.8. The van der Waals surface area contributed by atoms with Crippen molar-refractivity contribution in [3.05, 3.63) is 97.9 Å². The fraction of sp³-hybridized carbons (Fsp3) is 0.310. The van der Waals surface area contributed by atoms with Gasteiger partial charge in [0, 0.05) is 68.4 Å². The van der Waals surface area contributed by atoms with E-state index in [0.29, 0.717) is 32.2 Å². The third-order valence-corrected chi connectivity index (χ3v) is 10.5. The predicted octanol–water partition coefficient (Wildman–Crippen LogP) is 4.87. The number of aliphatic carboxylic acids is 3. The van der Waals surface area contributed by atoms with Gasteiger partial charge in [-0.1, -0.05) is 81.0 Å². The molecule has 4 rings (SSSR count). The molecule has 13 nitrogen and oxygen atoms in total. The number of rotatable bonds is 20. The van der Waals surface area contributed by atoms with Crippen LogP contribution in [0.25, 0.3) is 23.6 Å². The molecule has 300 valence electrons. The van der Waals surface area contributed by atoms with Gasteiger partial charge in [-0.3, -0.25) is 19.2 Å². The molecule has 5 N–H and O–H groups in total. The van der Waals surface area contributed by atoms with Crippen LogP contribution in [0.15, 0.2) is 81.8 Å². The molecule has 0 bridgehead atoms. The van der Waals surface area contributed by atoms with Gasteiger partial charge in [-0.15, -0.1) is 0 Å². The Kier molecular flexibility index (Phi) is 15.7. The number of benzene rings is 2. The number of nitrogens with one attached hydrogen (secondary N) is 2. The summed E-state index contributed by atoms with van der Waals surface area (Å²) in [6.07, 6.45) is 13.7. The standard InChI is InChI=1S/C42H44Br2N4O9/c1-26-30-17-15-27(43)21-34(30)47(19-9-14-38(51)46-32(41(56)57)24-40(54)55)33(26)11-7-5-4-6-8-12-36-42(2,3)31-18-16-28(44)22-35(31)48(36)20-10-13-37(50)45-29(25-49)23-39(52)53/h4-8,11-12,15-18,21-22,25,29,32H,1,9-10,13-14,19-20,23-24H2,2-3H3,(H4-,45,46,50,51,52,53,54,55,56,57)/p+1. The Morgan fingerprint density at radius 2 is 1.49 bits per heavy atom. The van der Waals surface area contributed by atoms with E-state index >= 15 is 0 Å². The van der Waals surface area contributed by atoms with E-state index in [1.54, 1.807) is 0 Å². The molecule has 1 aliphatic heterocycles. The highest BCUT2D eigenvalue weighted by Gasteiger charge is 2.44. The van der Waals surface area contributed by atoms with E-state index in [1.165, 1.54) is 0 Å². The zero-order valence-corrected chi connectivity index (χ0v) is 34.7. The summed E-state index contributed by atoms with van der Waals surface area (Å²) >= 11 is 7.11. The summed E-state index contributed by atoms with van der Waals surface area (Å²) in [6.45, 7) is 9.51. The number of nitrogens with zero attached hydrogens (tertiary/aromatic N) is 2. The topological polar surface area (TPSA) is 195 Å². The second-order valence-corrected chi connectivity index (χ2v) is 15.8. The number of carbonyl (C=O) groups excluding carboxylic acids is 3. The summed E-state index contributed by atoms with van der Waals surface area (Å²) < 4.78 is 6.00. The second kappa shape index (κ2) is 20.1. The van der Waals surface area contributed by atoms with E-state index in [1.807, 2.05) is 77.4 Å². The van der Waals surface area contributed by atoms with Crippen molar-refractivity contribution in [2.75, 3.05) is 6.54 Å². The summed E-state index contributed by atoms with van der Waals surface area (Å²) in [5.74, 6) is -4.84. The first-order chi connectivity index (χ1) is 27.0. The number of hydrogen-bond acceptors (Lipinski definition) is 6. The number of carbonyl (C=O) groups is 6. The molecule has 57 heavy (non-hydrogen) atoms. The van der Waals surface area contributed by atoms with E-state index in [0.717, 1.165) is 47.4 Å². The Labute approximate surface area is 346 Å². The molecule has 0 saturated carbocycles. The molecule has 0 saturated heterocycles. The number of halogens is 2. The Hall–Kier alpha value is -5.41. The van der Waals surface area contributed by atoms with Gasteiger partial charge in [-0.25, -0.2) is 4.79 Å². The molecule has 15 heteroatoms. The minimum absolute atomic E-state index is 0.00471. The van der Waals surface area contributed by atoms with Gasteiger partial charge in [0.15, 0.2) is 5.71 Å². The molecule has 2 heterocycles. The monoisotopic (exact) mass is 907 g/mol. The first-order valence-electron chi connectivity index (χ1n) is 18.2. The minimum atomic E-state index is -1.51. The Bertz CT molecular complexity index is 2310. The number of allylic oxidation sites excluding steroid dienone is 6. The zero-order chi connectivity index (χ0) is 41.9. The molecule has 2 aromatic carbocycles. The maximum absolute atomic E-state index is 12.5. The summed E-state index contributed by atoms with van der Waals surface area (Å²) in [7, 11) is 0. The van der Waals surface area contributed by atoms with Gasteiger partial charge in [0.25, 0.3) is 0 Å². The number of fused-ring (bicyclic) bond motifs is 2. The van der Waals surface area contributed by atoms with Crippen LogP contribution < -0.4 is 21.2 Å². The highest BCUT2D eigenvalue weighted by Crippen LogP contribution is 2.41. The third kappa shape index (κ3) is 11.8. The number of carboxylic acids is 3. The van der Waals surface area contributed by atoms with E-state index < -0.39 is 54.6 Å². The van der Waals surface area contributed by atoms with Gasteiger partial charge in [0.1, 0.15) is 18.9 Å². The van der Waals surface area contributed by atoms with Crippen LogP contribution in [-0.2, 0) is 40.7 Å². The van der Waals surface area contributed by atoms with Crippen LogP contribution in [0.5, 0.6) is 0 Å². The van der Waals surface area contributed by atoms with E-state index in [-0.39, 0.29) is 18.3 Å². The lowest BCUT2D eigenvalue weighted by atomic mass is 9.81. The normalized spacial score (nSPS) is 15.1. The zero-order valence-electron chi connectivity index (χ0n) is 31.5. The van der Waals surface area contributed by atoms with E-state index in [4.69, 9.17) is 10.2 Å². The molecule has 0 radical (unpaired) electrons. The number of hydrogen-bond donors (Lipinski definition) is 5. The molecular formula is C42H45Br2N4O9+. The average molecular weight is 910 g/mol. The van der Waals surface area contributed by atoms with Crippen LogP contribution in [0, 0.1) is 0 Å². The average Bonchev–Trinajstić information content (AvgIpc) is 3.50. The molecule has 0 spiro atoms. The quantitative estimate of drug-likeness (QED) is 0.0598. The summed E-state index contributed by atoms with van der Waals surface area (Å²) in [5, 5.41) is 34.6. The molecule has 1 aliphatic rings. The molecule has 0 aliphatic carbocycles. The van der Waals surface area contributed by atoms with Crippen molar-refractivity contribution in [3.8, 4) is 0 Å². The van der Waals surface area contributed by atoms with Crippen molar-refractivity contribution in [2.24, 2.45) is 0 Å². The van der Waals surface area contributed by atoms with Crippen LogP contribution in [-0.4, -0.2) is 84.8 Å². The molecule has 1 aromatic heterocycles. The maximum atomic E-state index is 12.5. The van der Waals surface area contributed by atoms with Crippen molar-refractivity contribution in [1.29, 1.82) is 0 Å². The molecule has 3 aromatic rings. The third-order valence-electron chi connectivity index (χ3n) is 9.47. The van der Waals surface area contributed by atoms with Crippen LogP contribution >= 0.6 is 31.9 Å². The number of aryl methyl sites for hydroxylation is 1. The van der Waals surface area contributed by atoms with Crippen LogP contribution in [0.3, 0.4) is 0 Å². The van der Waals surface area contributed by atoms with Crippen molar-refractivity contribution >= 4 is 103 Å². The highest BCUT2D eigenvalue weighted by molar-refractivity contribution is 9.10. The smallest absolute Gasteiger partial charge is 0.326 e. The van der Waals surface area contributed by atoms with Crippen molar-refractivity contribution < 1.29 is 48.7 Å². The van der Waals surface area contributed by atoms with Gasteiger partial charge < -0.3 is 35.3 Å². The maximum Gasteiger partial charge on any atom is 0.326 e. The highest BCUT2D eigenvalue weighted by atomic mass is 79.9. The number of aromatic nitrogens is 1. The Balaban J connectivity index is 1.51. The summed E-state index contributed by atoms with van der Waals surface area (Å²) in [5.41, 5.74) is 3.73. The predicted molar refractivity (Wildman–Crippen MR) is 224 cm³/mol. The van der Waals surface area contributed by atoms with Gasteiger partial charge in [-0.05, 0) is 44.5 Å².